The van der Waals surface area contributed by atoms with Gasteiger partial charge in [-0.15, -0.1) is 0 Å². The summed E-state index contributed by atoms with van der Waals surface area (Å²) in [4.78, 5) is 4.59. The zero-order valence-electron chi connectivity index (χ0n) is 16.3. The molecule has 9 heteroatoms. The first-order valence-electron chi connectivity index (χ1n) is 9.36. The van der Waals surface area contributed by atoms with E-state index in [2.05, 4.69) is 20.4 Å². The number of hydrogen-bond acceptors (Lipinski definition) is 5. The molecule has 1 aliphatic rings. The van der Waals surface area contributed by atoms with Crippen molar-refractivity contribution in [1.29, 1.82) is 0 Å². The molecule has 0 bridgehead atoms. The van der Waals surface area contributed by atoms with E-state index >= 15 is 0 Å². The molecule has 1 heterocycles. The lowest BCUT2D eigenvalue weighted by molar-refractivity contribution is -0.0828. The fraction of sp³-hybridized carbons (Fsp3) is 0.632. The SMILES string of the molecule is CCNC(=NCC1(OC)CCOCC1)NCC(O)c1ccc(OC(F)F)cc1. The second-order valence-electron chi connectivity index (χ2n) is 6.54. The topological polar surface area (TPSA) is 84.3 Å². The van der Waals surface area contributed by atoms with Crippen molar-refractivity contribution in [3.8, 4) is 5.75 Å². The molecule has 0 saturated carbocycles. The maximum Gasteiger partial charge on any atom is 0.387 e. The number of benzene rings is 1. The molecule has 0 radical (unpaired) electrons. The summed E-state index contributed by atoms with van der Waals surface area (Å²) < 4.78 is 39.8. The van der Waals surface area contributed by atoms with Crippen molar-refractivity contribution in [3.63, 3.8) is 0 Å². The van der Waals surface area contributed by atoms with E-state index in [0.29, 0.717) is 37.8 Å². The molecule has 1 aliphatic heterocycles. The summed E-state index contributed by atoms with van der Waals surface area (Å²) in [6.45, 7) is 1.75. The average molecular weight is 401 g/mol. The molecule has 28 heavy (non-hydrogen) atoms. The minimum atomic E-state index is -2.87. The molecule has 7 nitrogen and oxygen atoms in total. The Kier molecular flexibility index (Phi) is 8.88. The summed E-state index contributed by atoms with van der Waals surface area (Å²) in [5, 5.41) is 16.6. The highest BCUT2D eigenvalue weighted by atomic mass is 19.3. The number of aliphatic imine (C=N–C) groups is 1. The summed E-state index contributed by atoms with van der Waals surface area (Å²) in [7, 11) is 1.69. The van der Waals surface area contributed by atoms with Gasteiger partial charge in [0.05, 0.1) is 18.2 Å². The molecule has 3 N–H and O–H groups in total. The van der Waals surface area contributed by atoms with Crippen molar-refractivity contribution in [2.45, 2.75) is 38.1 Å². The van der Waals surface area contributed by atoms with Gasteiger partial charge in [0.2, 0.25) is 0 Å². The predicted molar refractivity (Wildman–Crippen MR) is 102 cm³/mol. The second kappa shape index (κ2) is 11.1. The highest BCUT2D eigenvalue weighted by Crippen LogP contribution is 2.24. The third-order valence-electron chi connectivity index (χ3n) is 4.66. The number of halogens is 2. The van der Waals surface area contributed by atoms with Crippen LogP contribution in [0.25, 0.3) is 0 Å². The number of methoxy groups -OCH3 is 1. The monoisotopic (exact) mass is 401 g/mol. The number of alkyl halides is 2. The summed E-state index contributed by atoms with van der Waals surface area (Å²) in [6.07, 6.45) is 0.730. The maximum absolute atomic E-state index is 12.2. The first-order chi connectivity index (χ1) is 13.5. The normalized spacial score (nSPS) is 18.0. The van der Waals surface area contributed by atoms with Crippen molar-refractivity contribution in [3.05, 3.63) is 29.8 Å². The highest BCUT2D eigenvalue weighted by molar-refractivity contribution is 5.79. The lowest BCUT2D eigenvalue weighted by Gasteiger charge is -2.34. The van der Waals surface area contributed by atoms with Gasteiger partial charge in [0, 0.05) is 46.3 Å². The highest BCUT2D eigenvalue weighted by Gasteiger charge is 2.32. The molecular formula is C19H29F2N3O4. The van der Waals surface area contributed by atoms with Gasteiger partial charge in [0.1, 0.15) is 5.75 Å². The molecule has 0 aromatic heterocycles. The molecule has 1 fully saturated rings. The van der Waals surface area contributed by atoms with Gasteiger partial charge >= 0.3 is 6.61 Å². The van der Waals surface area contributed by atoms with Crippen molar-refractivity contribution >= 4 is 5.96 Å². The van der Waals surface area contributed by atoms with Gasteiger partial charge in [-0.1, -0.05) is 12.1 Å². The zero-order chi connectivity index (χ0) is 20.4. The molecule has 1 aromatic carbocycles. The van der Waals surface area contributed by atoms with Gasteiger partial charge in [-0.25, -0.2) is 0 Å². The fourth-order valence-corrected chi connectivity index (χ4v) is 2.92. The summed E-state index contributed by atoms with van der Waals surface area (Å²) in [5.41, 5.74) is 0.252. The zero-order valence-corrected chi connectivity index (χ0v) is 16.3. The minimum absolute atomic E-state index is 0.0511. The first-order valence-corrected chi connectivity index (χ1v) is 9.36. The Balaban J connectivity index is 1.92. The van der Waals surface area contributed by atoms with Crippen LogP contribution in [-0.4, -0.2) is 63.2 Å². The molecule has 158 valence electrons. The van der Waals surface area contributed by atoms with Crippen LogP contribution in [0.2, 0.25) is 0 Å². The van der Waals surface area contributed by atoms with Crippen LogP contribution in [-0.2, 0) is 9.47 Å². The summed E-state index contributed by atoms with van der Waals surface area (Å²) in [5.74, 6) is 0.622. The quantitative estimate of drug-likeness (QED) is 0.434. The Morgan fingerprint density at radius 2 is 1.93 bits per heavy atom. The van der Waals surface area contributed by atoms with E-state index in [1.54, 1.807) is 19.2 Å². The predicted octanol–water partition coefficient (Wildman–Crippen LogP) is 2.07. The van der Waals surface area contributed by atoms with Crippen molar-refractivity contribution in [2.75, 3.05) is 40.0 Å². The largest absolute Gasteiger partial charge is 0.435 e. The molecule has 0 amide bonds. The van der Waals surface area contributed by atoms with Gasteiger partial charge in [0.25, 0.3) is 0 Å². The Labute approximate surface area is 164 Å². The molecular weight excluding hydrogens is 372 g/mol. The first kappa shape index (κ1) is 22.3. The fourth-order valence-electron chi connectivity index (χ4n) is 2.92. The Bertz CT molecular complexity index is 608. The van der Waals surface area contributed by atoms with Crippen LogP contribution in [0.1, 0.15) is 31.4 Å². The van der Waals surface area contributed by atoms with Crippen molar-refractivity contribution in [1.82, 2.24) is 10.6 Å². The molecule has 1 unspecified atom stereocenters. The maximum atomic E-state index is 12.2. The smallest absolute Gasteiger partial charge is 0.387 e. The molecule has 1 atom stereocenters. The molecule has 1 aromatic rings. The van der Waals surface area contributed by atoms with Crippen LogP contribution in [0.5, 0.6) is 5.75 Å². The van der Waals surface area contributed by atoms with Crippen LogP contribution in [0.3, 0.4) is 0 Å². The summed E-state index contributed by atoms with van der Waals surface area (Å²) >= 11 is 0. The number of guanidine groups is 1. The van der Waals surface area contributed by atoms with Gasteiger partial charge in [-0.3, -0.25) is 4.99 Å². The van der Waals surface area contributed by atoms with Gasteiger partial charge < -0.3 is 30.0 Å². The van der Waals surface area contributed by atoms with E-state index in [9.17, 15) is 13.9 Å². The number of hydrogen-bond donors (Lipinski definition) is 3. The van der Waals surface area contributed by atoms with Crippen LogP contribution in [0, 0.1) is 0 Å². The second-order valence-corrected chi connectivity index (χ2v) is 6.54. The molecule has 0 spiro atoms. The lowest BCUT2D eigenvalue weighted by atomic mass is 9.94. The number of nitrogens with zero attached hydrogens (tertiary/aromatic N) is 1. The van der Waals surface area contributed by atoms with Gasteiger partial charge in [0.15, 0.2) is 5.96 Å². The van der Waals surface area contributed by atoms with Gasteiger partial charge in [-0.2, -0.15) is 8.78 Å². The average Bonchev–Trinajstić information content (AvgIpc) is 2.70. The molecule has 1 saturated heterocycles. The van der Waals surface area contributed by atoms with E-state index in [1.165, 1.54) is 12.1 Å². The number of aliphatic hydroxyl groups excluding tert-OH is 1. The standard InChI is InChI=1S/C19H29F2N3O4/c1-3-22-18(24-13-19(26-2)8-10-27-11-9-19)23-12-16(25)14-4-6-15(7-5-14)28-17(20)21/h4-7,16-17,25H,3,8-13H2,1-2H3,(H2,22,23,24). The third kappa shape index (κ3) is 6.88. The van der Waals surface area contributed by atoms with E-state index < -0.39 is 12.7 Å². The van der Waals surface area contributed by atoms with Crippen molar-refractivity contribution in [2.24, 2.45) is 4.99 Å². The van der Waals surface area contributed by atoms with Crippen LogP contribution < -0.4 is 15.4 Å². The number of aliphatic hydroxyl groups is 1. The van der Waals surface area contributed by atoms with E-state index in [1.807, 2.05) is 6.92 Å². The van der Waals surface area contributed by atoms with Crippen molar-refractivity contribution < 1.29 is 28.1 Å². The van der Waals surface area contributed by atoms with Crippen LogP contribution in [0.4, 0.5) is 8.78 Å². The van der Waals surface area contributed by atoms with E-state index in [-0.39, 0.29) is 17.9 Å². The van der Waals surface area contributed by atoms with Crippen LogP contribution in [0.15, 0.2) is 29.3 Å². The molecule has 2 rings (SSSR count). The Morgan fingerprint density at radius 1 is 1.25 bits per heavy atom. The number of rotatable bonds is 9. The Morgan fingerprint density at radius 3 is 2.50 bits per heavy atom. The van der Waals surface area contributed by atoms with Crippen LogP contribution >= 0.6 is 0 Å². The van der Waals surface area contributed by atoms with E-state index in [0.717, 1.165) is 12.8 Å². The Hall–Kier alpha value is -1.97. The van der Waals surface area contributed by atoms with E-state index in [4.69, 9.17) is 9.47 Å². The minimum Gasteiger partial charge on any atom is -0.435 e. The number of nitrogens with one attached hydrogen (secondary N) is 2. The lowest BCUT2D eigenvalue weighted by Crippen LogP contribution is -2.44. The molecule has 0 aliphatic carbocycles. The van der Waals surface area contributed by atoms with Gasteiger partial charge in [-0.05, 0) is 24.6 Å². The number of ether oxygens (including phenoxy) is 3. The summed E-state index contributed by atoms with van der Waals surface area (Å²) in [6, 6.07) is 5.90. The third-order valence-corrected chi connectivity index (χ3v) is 4.66.